The van der Waals surface area contributed by atoms with Crippen molar-refractivity contribution in [3.63, 3.8) is 0 Å². The Hall–Kier alpha value is -0.160. The van der Waals surface area contributed by atoms with Crippen molar-refractivity contribution in [2.45, 2.75) is 37.6 Å². The number of aliphatic hydroxyl groups excluding tert-OH is 3. The first-order valence-corrected chi connectivity index (χ1v) is 4.39. The Labute approximate surface area is 72.0 Å². The zero-order valence-corrected chi connectivity index (χ0v) is 7.06. The lowest BCUT2D eigenvalue weighted by Gasteiger charge is -2.32. The molecule has 0 radical (unpaired) electrons. The first-order valence-electron chi connectivity index (χ1n) is 4.39. The van der Waals surface area contributed by atoms with Crippen LogP contribution in [0, 0.1) is 5.92 Å². The van der Waals surface area contributed by atoms with Crippen molar-refractivity contribution in [2.75, 3.05) is 6.54 Å². The Morgan fingerprint density at radius 2 is 1.92 bits per heavy atom. The quantitative estimate of drug-likeness (QED) is 0.426. The summed E-state index contributed by atoms with van der Waals surface area (Å²) in [6.07, 6.45) is -0.0812. The summed E-state index contributed by atoms with van der Waals surface area (Å²) < 4.78 is 0. The second-order valence-electron chi connectivity index (χ2n) is 3.51. The molecule has 1 saturated carbocycles. The Kier molecular flexibility index (Phi) is 3.46. The average molecular weight is 175 g/mol. The molecule has 0 aromatic carbocycles. The number of nitrogens with two attached hydrogens (primary N) is 1. The summed E-state index contributed by atoms with van der Waals surface area (Å²) in [6, 6.07) is 0. The van der Waals surface area contributed by atoms with E-state index in [4.69, 9.17) is 5.73 Å². The van der Waals surface area contributed by atoms with Gasteiger partial charge in [0.2, 0.25) is 0 Å². The summed E-state index contributed by atoms with van der Waals surface area (Å²) in [4.78, 5) is 0. The molecule has 0 amide bonds. The van der Waals surface area contributed by atoms with E-state index in [1.807, 2.05) is 0 Å². The summed E-state index contributed by atoms with van der Waals surface area (Å²) in [5.41, 5.74) is 5.29. The molecule has 1 aliphatic rings. The van der Waals surface area contributed by atoms with Crippen LogP contribution in [0.15, 0.2) is 0 Å². The maximum atomic E-state index is 9.37. The lowest BCUT2D eigenvalue weighted by Crippen LogP contribution is -2.40. The van der Waals surface area contributed by atoms with Gasteiger partial charge >= 0.3 is 0 Å². The number of rotatable bonds is 2. The molecular weight excluding hydrogens is 158 g/mol. The highest BCUT2D eigenvalue weighted by atomic mass is 16.3. The van der Waals surface area contributed by atoms with Gasteiger partial charge in [-0.05, 0) is 25.2 Å². The van der Waals surface area contributed by atoms with E-state index in [9.17, 15) is 15.3 Å². The molecule has 0 aromatic heterocycles. The maximum Gasteiger partial charge on any atom is 0.0802 e. The highest BCUT2D eigenvalue weighted by Crippen LogP contribution is 2.26. The summed E-state index contributed by atoms with van der Waals surface area (Å²) >= 11 is 0. The number of hydrogen-bond acceptors (Lipinski definition) is 4. The van der Waals surface area contributed by atoms with E-state index in [-0.39, 0.29) is 12.5 Å². The van der Waals surface area contributed by atoms with E-state index in [1.54, 1.807) is 0 Å². The van der Waals surface area contributed by atoms with Gasteiger partial charge in [-0.2, -0.15) is 0 Å². The summed E-state index contributed by atoms with van der Waals surface area (Å²) in [5, 5.41) is 27.8. The number of aliphatic hydroxyl groups is 3. The SMILES string of the molecule is NC[C@H](O)C1CCC(O)C(O)C1. The van der Waals surface area contributed by atoms with Gasteiger partial charge in [0.05, 0.1) is 18.3 Å². The van der Waals surface area contributed by atoms with Crippen molar-refractivity contribution in [3.8, 4) is 0 Å². The van der Waals surface area contributed by atoms with Crippen molar-refractivity contribution < 1.29 is 15.3 Å². The van der Waals surface area contributed by atoms with Crippen LogP contribution < -0.4 is 5.73 Å². The van der Waals surface area contributed by atoms with Crippen molar-refractivity contribution in [1.29, 1.82) is 0 Å². The third-order valence-corrected chi connectivity index (χ3v) is 2.61. The van der Waals surface area contributed by atoms with Crippen LogP contribution in [-0.4, -0.2) is 40.2 Å². The molecule has 0 saturated heterocycles. The minimum absolute atomic E-state index is 0.0494. The first-order chi connectivity index (χ1) is 5.65. The molecule has 1 rings (SSSR count). The second-order valence-corrected chi connectivity index (χ2v) is 3.51. The molecule has 3 unspecified atom stereocenters. The number of hydrogen-bond donors (Lipinski definition) is 4. The van der Waals surface area contributed by atoms with Gasteiger partial charge in [0.25, 0.3) is 0 Å². The smallest absolute Gasteiger partial charge is 0.0802 e. The van der Waals surface area contributed by atoms with Gasteiger partial charge in [0.1, 0.15) is 0 Å². The monoisotopic (exact) mass is 175 g/mol. The van der Waals surface area contributed by atoms with Crippen LogP contribution in [-0.2, 0) is 0 Å². The molecule has 0 heterocycles. The largest absolute Gasteiger partial charge is 0.392 e. The third-order valence-electron chi connectivity index (χ3n) is 2.61. The van der Waals surface area contributed by atoms with Crippen molar-refractivity contribution in [1.82, 2.24) is 0 Å². The minimum Gasteiger partial charge on any atom is -0.392 e. The van der Waals surface area contributed by atoms with Crippen LogP contribution >= 0.6 is 0 Å². The molecule has 72 valence electrons. The van der Waals surface area contributed by atoms with Gasteiger partial charge in [-0.1, -0.05) is 0 Å². The van der Waals surface area contributed by atoms with Crippen LogP contribution in [0.5, 0.6) is 0 Å². The van der Waals surface area contributed by atoms with E-state index in [0.29, 0.717) is 12.8 Å². The Morgan fingerprint density at radius 1 is 1.25 bits per heavy atom. The van der Waals surface area contributed by atoms with Crippen LogP contribution in [0.3, 0.4) is 0 Å². The molecule has 4 atom stereocenters. The Balaban J connectivity index is 2.39. The van der Waals surface area contributed by atoms with Crippen LogP contribution in [0.1, 0.15) is 19.3 Å². The first kappa shape index (κ1) is 9.92. The molecule has 0 aromatic rings. The predicted octanol–water partition coefficient (Wildman–Crippen LogP) is -1.17. The summed E-state index contributed by atoms with van der Waals surface area (Å²) in [7, 11) is 0. The van der Waals surface area contributed by atoms with Gasteiger partial charge in [0.15, 0.2) is 0 Å². The fourth-order valence-electron chi connectivity index (χ4n) is 1.70. The van der Waals surface area contributed by atoms with Gasteiger partial charge in [0, 0.05) is 6.54 Å². The summed E-state index contributed by atoms with van der Waals surface area (Å²) in [5.74, 6) is 0.0494. The van der Waals surface area contributed by atoms with Crippen LogP contribution in [0.2, 0.25) is 0 Å². The Morgan fingerprint density at radius 3 is 2.42 bits per heavy atom. The van der Waals surface area contributed by atoms with E-state index in [0.717, 1.165) is 6.42 Å². The molecule has 4 nitrogen and oxygen atoms in total. The fourth-order valence-corrected chi connectivity index (χ4v) is 1.70. The second kappa shape index (κ2) is 4.18. The molecule has 0 bridgehead atoms. The zero-order valence-electron chi connectivity index (χ0n) is 7.06. The van der Waals surface area contributed by atoms with Crippen molar-refractivity contribution >= 4 is 0 Å². The molecule has 12 heavy (non-hydrogen) atoms. The molecule has 0 aliphatic heterocycles. The normalized spacial score (nSPS) is 39.5. The van der Waals surface area contributed by atoms with Gasteiger partial charge in [-0.15, -0.1) is 0 Å². The van der Waals surface area contributed by atoms with E-state index in [2.05, 4.69) is 0 Å². The average Bonchev–Trinajstić information content (AvgIpc) is 2.08. The van der Waals surface area contributed by atoms with Gasteiger partial charge in [-0.25, -0.2) is 0 Å². The van der Waals surface area contributed by atoms with E-state index < -0.39 is 18.3 Å². The molecule has 5 N–H and O–H groups in total. The lowest BCUT2D eigenvalue weighted by atomic mass is 9.82. The van der Waals surface area contributed by atoms with Crippen molar-refractivity contribution in [2.24, 2.45) is 11.7 Å². The van der Waals surface area contributed by atoms with E-state index >= 15 is 0 Å². The van der Waals surface area contributed by atoms with Crippen LogP contribution in [0.4, 0.5) is 0 Å². The highest BCUT2D eigenvalue weighted by Gasteiger charge is 2.30. The molecule has 4 heteroatoms. The molecule has 1 fully saturated rings. The van der Waals surface area contributed by atoms with Gasteiger partial charge in [-0.3, -0.25) is 0 Å². The molecule has 0 spiro atoms. The maximum absolute atomic E-state index is 9.37. The fraction of sp³-hybridized carbons (Fsp3) is 1.00. The predicted molar refractivity (Wildman–Crippen MR) is 44.4 cm³/mol. The zero-order chi connectivity index (χ0) is 9.14. The van der Waals surface area contributed by atoms with Crippen molar-refractivity contribution in [3.05, 3.63) is 0 Å². The standard InChI is InChI=1S/C8H17NO3/c9-4-8(12)5-1-2-6(10)7(11)3-5/h5-8,10-12H,1-4,9H2/t5?,6?,7?,8-/m0/s1. The topological polar surface area (TPSA) is 86.7 Å². The minimum atomic E-state index is -0.690. The Bertz CT molecular complexity index is 142. The third kappa shape index (κ3) is 2.17. The molecular formula is C8H17NO3. The lowest BCUT2D eigenvalue weighted by molar-refractivity contribution is -0.0477. The van der Waals surface area contributed by atoms with Gasteiger partial charge < -0.3 is 21.1 Å². The van der Waals surface area contributed by atoms with E-state index in [1.165, 1.54) is 0 Å². The summed E-state index contributed by atoms with van der Waals surface area (Å²) in [6.45, 7) is 0.230. The molecule has 1 aliphatic carbocycles. The highest BCUT2D eigenvalue weighted by molar-refractivity contribution is 4.82. The van der Waals surface area contributed by atoms with Crippen LogP contribution in [0.25, 0.3) is 0 Å².